The topological polar surface area (TPSA) is 29.3 Å². The summed E-state index contributed by atoms with van der Waals surface area (Å²) in [6, 6.07) is 8.77. The van der Waals surface area contributed by atoms with Crippen LogP contribution in [-0.4, -0.2) is 24.5 Å². The summed E-state index contributed by atoms with van der Waals surface area (Å²) in [6.45, 7) is 3.45. The highest BCUT2D eigenvalue weighted by molar-refractivity contribution is 6.30. The summed E-state index contributed by atoms with van der Waals surface area (Å²) in [5.41, 5.74) is 7.46. The van der Waals surface area contributed by atoms with Crippen LogP contribution in [0.5, 0.6) is 0 Å². The standard InChI is InChI=1S/C17H27ClN2/c1-13-4-3-5-16(12-13)20(2)11-10-17(19)14-6-8-15(18)9-7-14/h6-9,13,16-17H,3-5,10-12,19H2,1-2H3. The number of hydrogen-bond acceptors (Lipinski definition) is 2. The van der Waals surface area contributed by atoms with Crippen molar-refractivity contribution in [1.82, 2.24) is 4.90 Å². The fourth-order valence-electron chi connectivity index (χ4n) is 3.20. The van der Waals surface area contributed by atoms with E-state index >= 15 is 0 Å². The zero-order chi connectivity index (χ0) is 14.5. The molecule has 1 aromatic carbocycles. The fourth-order valence-corrected chi connectivity index (χ4v) is 3.33. The highest BCUT2D eigenvalue weighted by Gasteiger charge is 2.22. The number of benzene rings is 1. The maximum Gasteiger partial charge on any atom is 0.0406 e. The molecule has 112 valence electrons. The summed E-state index contributed by atoms with van der Waals surface area (Å²) in [7, 11) is 2.25. The Kier molecular flexibility index (Phi) is 5.88. The molecule has 0 radical (unpaired) electrons. The quantitative estimate of drug-likeness (QED) is 0.880. The van der Waals surface area contributed by atoms with E-state index in [4.69, 9.17) is 17.3 Å². The normalized spacial score (nSPS) is 24.9. The molecule has 3 atom stereocenters. The fraction of sp³-hybridized carbons (Fsp3) is 0.647. The second kappa shape index (κ2) is 7.44. The Balaban J connectivity index is 1.80. The maximum atomic E-state index is 6.28. The Morgan fingerprint density at radius 1 is 1.30 bits per heavy atom. The lowest BCUT2D eigenvalue weighted by atomic mass is 9.86. The predicted molar refractivity (Wildman–Crippen MR) is 87.0 cm³/mol. The van der Waals surface area contributed by atoms with Crippen LogP contribution in [0.3, 0.4) is 0 Å². The van der Waals surface area contributed by atoms with Crippen molar-refractivity contribution in [3.05, 3.63) is 34.9 Å². The van der Waals surface area contributed by atoms with Crippen molar-refractivity contribution < 1.29 is 0 Å². The van der Waals surface area contributed by atoms with Crippen LogP contribution in [0.25, 0.3) is 0 Å². The second-order valence-electron chi connectivity index (χ2n) is 6.35. The van der Waals surface area contributed by atoms with E-state index in [1.807, 2.05) is 24.3 Å². The van der Waals surface area contributed by atoms with Gasteiger partial charge in [0, 0.05) is 17.1 Å². The predicted octanol–water partition coefficient (Wildman–Crippen LogP) is 4.24. The molecule has 3 heteroatoms. The third kappa shape index (κ3) is 4.47. The monoisotopic (exact) mass is 294 g/mol. The van der Waals surface area contributed by atoms with E-state index in [1.165, 1.54) is 31.2 Å². The molecule has 0 bridgehead atoms. The zero-order valence-corrected chi connectivity index (χ0v) is 13.4. The Bertz CT molecular complexity index is 404. The average molecular weight is 295 g/mol. The summed E-state index contributed by atoms with van der Waals surface area (Å²) >= 11 is 5.91. The molecule has 3 unspecified atom stereocenters. The number of halogens is 1. The van der Waals surface area contributed by atoms with Gasteiger partial charge in [0.1, 0.15) is 0 Å². The minimum Gasteiger partial charge on any atom is -0.324 e. The maximum absolute atomic E-state index is 6.28. The van der Waals surface area contributed by atoms with E-state index in [0.29, 0.717) is 0 Å². The number of hydrogen-bond donors (Lipinski definition) is 1. The Morgan fingerprint density at radius 2 is 2.00 bits per heavy atom. The minimum absolute atomic E-state index is 0.107. The van der Waals surface area contributed by atoms with Gasteiger partial charge in [0.15, 0.2) is 0 Å². The van der Waals surface area contributed by atoms with Crippen molar-refractivity contribution in [1.29, 1.82) is 0 Å². The van der Waals surface area contributed by atoms with Gasteiger partial charge in [-0.25, -0.2) is 0 Å². The van der Waals surface area contributed by atoms with Crippen LogP contribution in [0.15, 0.2) is 24.3 Å². The van der Waals surface area contributed by atoms with Crippen LogP contribution in [0, 0.1) is 5.92 Å². The van der Waals surface area contributed by atoms with E-state index in [0.717, 1.165) is 29.9 Å². The first kappa shape index (κ1) is 15.8. The minimum atomic E-state index is 0.107. The van der Waals surface area contributed by atoms with Crippen molar-refractivity contribution in [2.75, 3.05) is 13.6 Å². The molecule has 1 aliphatic rings. The van der Waals surface area contributed by atoms with Crippen LogP contribution < -0.4 is 5.73 Å². The number of rotatable bonds is 5. The molecule has 0 amide bonds. The van der Waals surface area contributed by atoms with Gasteiger partial charge in [0.2, 0.25) is 0 Å². The Labute approximate surface area is 128 Å². The van der Waals surface area contributed by atoms with Crippen molar-refractivity contribution in [2.45, 2.75) is 51.1 Å². The van der Waals surface area contributed by atoms with E-state index < -0.39 is 0 Å². The van der Waals surface area contributed by atoms with Gasteiger partial charge in [-0.1, -0.05) is 43.5 Å². The lowest BCUT2D eigenvalue weighted by Crippen LogP contribution is -2.37. The van der Waals surface area contributed by atoms with Gasteiger partial charge in [-0.15, -0.1) is 0 Å². The van der Waals surface area contributed by atoms with Gasteiger partial charge in [0.05, 0.1) is 0 Å². The lowest BCUT2D eigenvalue weighted by Gasteiger charge is -2.34. The molecule has 0 spiro atoms. The van der Waals surface area contributed by atoms with Gasteiger partial charge >= 0.3 is 0 Å². The van der Waals surface area contributed by atoms with Gasteiger partial charge < -0.3 is 10.6 Å². The van der Waals surface area contributed by atoms with Crippen LogP contribution in [-0.2, 0) is 0 Å². The summed E-state index contributed by atoms with van der Waals surface area (Å²) in [6.07, 6.45) is 6.46. The van der Waals surface area contributed by atoms with Crippen LogP contribution in [0.1, 0.15) is 50.6 Å². The molecule has 20 heavy (non-hydrogen) atoms. The first-order chi connectivity index (χ1) is 9.56. The van der Waals surface area contributed by atoms with Gasteiger partial charge in [-0.3, -0.25) is 0 Å². The zero-order valence-electron chi connectivity index (χ0n) is 12.7. The highest BCUT2D eigenvalue weighted by Crippen LogP contribution is 2.27. The van der Waals surface area contributed by atoms with E-state index in [9.17, 15) is 0 Å². The largest absolute Gasteiger partial charge is 0.324 e. The first-order valence-electron chi connectivity index (χ1n) is 7.77. The summed E-state index contributed by atoms with van der Waals surface area (Å²) < 4.78 is 0. The summed E-state index contributed by atoms with van der Waals surface area (Å²) in [5.74, 6) is 0.876. The van der Waals surface area contributed by atoms with Crippen molar-refractivity contribution in [3.8, 4) is 0 Å². The van der Waals surface area contributed by atoms with Crippen LogP contribution >= 0.6 is 11.6 Å². The SMILES string of the molecule is CC1CCCC(N(C)CCC(N)c2ccc(Cl)cc2)C1. The van der Waals surface area contributed by atoms with E-state index in [-0.39, 0.29) is 6.04 Å². The highest BCUT2D eigenvalue weighted by atomic mass is 35.5. The molecule has 2 N–H and O–H groups in total. The van der Waals surface area contributed by atoms with E-state index in [1.54, 1.807) is 0 Å². The van der Waals surface area contributed by atoms with Crippen molar-refractivity contribution >= 4 is 11.6 Å². The summed E-state index contributed by atoms with van der Waals surface area (Å²) in [4.78, 5) is 2.51. The van der Waals surface area contributed by atoms with Crippen LogP contribution in [0.2, 0.25) is 5.02 Å². The smallest absolute Gasteiger partial charge is 0.0406 e. The number of nitrogens with two attached hydrogens (primary N) is 1. The Hall–Kier alpha value is -0.570. The molecule has 1 aliphatic carbocycles. The van der Waals surface area contributed by atoms with Crippen LogP contribution in [0.4, 0.5) is 0 Å². The van der Waals surface area contributed by atoms with Gasteiger partial charge in [-0.05, 0) is 56.5 Å². The molecule has 1 saturated carbocycles. The third-order valence-corrected chi connectivity index (χ3v) is 4.88. The molecular weight excluding hydrogens is 268 g/mol. The lowest BCUT2D eigenvalue weighted by molar-refractivity contribution is 0.160. The average Bonchev–Trinajstić information content (AvgIpc) is 2.45. The number of nitrogens with zero attached hydrogens (tertiary/aromatic N) is 1. The molecule has 0 aliphatic heterocycles. The van der Waals surface area contributed by atoms with E-state index in [2.05, 4.69) is 18.9 Å². The molecule has 2 nitrogen and oxygen atoms in total. The van der Waals surface area contributed by atoms with Crippen molar-refractivity contribution in [3.63, 3.8) is 0 Å². The molecule has 0 heterocycles. The molecule has 1 fully saturated rings. The van der Waals surface area contributed by atoms with Crippen molar-refractivity contribution in [2.24, 2.45) is 11.7 Å². The summed E-state index contributed by atoms with van der Waals surface area (Å²) in [5, 5.41) is 0.772. The molecular formula is C17H27ClN2. The molecule has 0 aromatic heterocycles. The second-order valence-corrected chi connectivity index (χ2v) is 6.79. The molecule has 0 saturated heterocycles. The van der Waals surface area contributed by atoms with Gasteiger partial charge in [0.25, 0.3) is 0 Å². The third-order valence-electron chi connectivity index (χ3n) is 4.62. The molecule has 2 rings (SSSR count). The molecule has 1 aromatic rings. The van der Waals surface area contributed by atoms with Gasteiger partial charge in [-0.2, -0.15) is 0 Å². The first-order valence-corrected chi connectivity index (χ1v) is 8.15. The Morgan fingerprint density at radius 3 is 2.65 bits per heavy atom.